The molecule has 0 radical (unpaired) electrons. The van der Waals surface area contributed by atoms with Crippen molar-refractivity contribution in [2.24, 2.45) is 5.41 Å². The van der Waals surface area contributed by atoms with Crippen molar-refractivity contribution in [3.8, 4) is 0 Å². The molecule has 82 valence electrons. The van der Waals surface area contributed by atoms with Crippen molar-refractivity contribution in [2.45, 2.75) is 39.4 Å². The summed E-state index contributed by atoms with van der Waals surface area (Å²) in [6.07, 6.45) is 1.80. The zero-order valence-electron chi connectivity index (χ0n) is 9.46. The molecule has 2 rings (SSSR count). The van der Waals surface area contributed by atoms with E-state index in [-0.39, 0.29) is 5.41 Å². The van der Waals surface area contributed by atoms with Crippen LogP contribution in [0.4, 0.5) is 0 Å². The minimum atomic E-state index is 0.261. The Hall–Kier alpha value is -0.530. The van der Waals surface area contributed by atoms with Gasteiger partial charge in [0.15, 0.2) is 0 Å². The van der Waals surface area contributed by atoms with Gasteiger partial charge in [-0.05, 0) is 23.1 Å². The Morgan fingerprint density at radius 2 is 1.80 bits per heavy atom. The Morgan fingerprint density at radius 3 is 2.27 bits per heavy atom. The lowest BCUT2D eigenvalue weighted by Gasteiger charge is -2.14. The van der Waals surface area contributed by atoms with E-state index in [1.54, 1.807) is 0 Å². The van der Waals surface area contributed by atoms with Crippen LogP contribution >= 0.6 is 11.6 Å². The fourth-order valence-electron chi connectivity index (χ4n) is 1.91. The first kappa shape index (κ1) is 11.0. The van der Waals surface area contributed by atoms with Crippen LogP contribution in [-0.2, 0) is 11.2 Å². The Balaban J connectivity index is 1.93. The maximum absolute atomic E-state index is 5.83. The molecule has 0 N–H and O–H groups in total. The van der Waals surface area contributed by atoms with Crippen molar-refractivity contribution in [1.82, 2.24) is 0 Å². The van der Waals surface area contributed by atoms with Crippen LogP contribution in [0, 0.1) is 5.41 Å². The average Bonchev–Trinajstić information content (AvgIpc) is 2.88. The number of ether oxygens (including phenoxy) is 1. The van der Waals surface area contributed by atoms with Gasteiger partial charge in [0.2, 0.25) is 0 Å². The van der Waals surface area contributed by atoms with Gasteiger partial charge in [0.1, 0.15) is 0 Å². The third kappa shape index (κ3) is 2.73. The van der Waals surface area contributed by atoms with Crippen LogP contribution in [0.25, 0.3) is 0 Å². The van der Waals surface area contributed by atoms with E-state index in [0.717, 1.165) is 11.4 Å². The molecule has 0 spiro atoms. The highest BCUT2D eigenvalue weighted by atomic mass is 35.5. The Morgan fingerprint density at radius 1 is 1.20 bits per heavy atom. The first-order valence-electron chi connectivity index (χ1n) is 5.37. The molecule has 0 amide bonds. The molecular formula is C13H17ClO. The fraction of sp³-hybridized carbons (Fsp3) is 0.538. The molecule has 2 atom stereocenters. The summed E-state index contributed by atoms with van der Waals surface area (Å²) in [4.78, 5) is 0. The van der Waals surface area contributed by atoms with Gasteiger partial charge < -0.3 is 4.74 Å². The van der Waals surface area contributed by atoms with Crippen LogP contribution in [0.15, 0.2) is 24.3 Å². The lowest BCUT2D eigenvalue weighted by atomic mass is 9.89. The zero-order valence-corrected chi connectivity index (χ0v) is 10.2. The van der Waals surface area contributed by atoms with Gasteiger partial charge in [-0.3, -0.25) is 0 Å². The summed E-state index contributed by atoms with van der Waals surface area (Å²) in [6, 6.07) is 8.02. The summed E-state index contributed by atoms with van der Waals surface area (Å²) in [5, 5.41) is 0.794. The van der Waals surface area contributed by atoms with Gasteiger partial charge >= 0.3 is 0 Å². The maximum Gasteiger partial charge on any atom is 0.0893 e. The summed E-state index contributed by atoms with van der Waals surface area (Å²) in [6.45, 7) is 6.67. The van der Waals surface area contributed by atoms with E-state index in [1.807, 2.05) is 12.1 Å². The van der Waals surface area contributed by atoms with E-state index in [4.69, 9.17) is 16.3 Å². The van der Waals surface area contributed by atoms with Crippen LogP contribution in [0.1, 0.15) is 26.3 Å². The topological polar surface area (TPSA) is 12.5 Å². The molecule has 0 saturated carbocycles. The number of rotatable bonds is 2. The summed E-state index contributed by atoms with van der Waals surface area (Å²) in [7, 11) is 0. The highest BCUT2D eigenvalue weighted by Crippen LogP contribution is 2.39. The first-order chi connectivity index (χ1) is 6.97. The predicted molar refractivity (Wildman–Crippen MR) is 63.3 cm³/mol. The Bertz CT molecular complexity index is 337. The Kier molecular flexibility index (Phi) is 2.78. The van der Waals surface area contributed by atoms with Crippen molar-refractivity contribution in [3.63, 3.8) is 0 Å². The molecule has 1 aliphatic rings. The molecule has 1 aromatic rings. The highest BCUT2D eigenvalue weighted by molar-refractivity contribution is 6.30. The number of epoxide rings is 1. The van der Waals surface area contributed by atoms with E-state index in [2.05, 4.69) is 32.9 Å². The van der Waals surface area contributed by atoms with Gasteiger partial charge in [0, 0.05) is 11.4 Å². The van der Waals surface area contributed by atoms with Crippen LogP contribution in [-0.4, -0.2) is 12.2 Å². The molecule has 0 bridgehead atoms. The first-order valence-corrected chi connectivity index (χ1v) is 5.74. The molecule has 1 aromatic carbocycles. The van der Waals surface area contributed by atoms with E-state index < -0.39 is 0 Å². The van der Waals surface area contributed by atoms with Gasteiger partial charge in [0.05, 0.1) is 12.2 Å². The number of halogens is 1. The van der Waals surface area contributed by atoms with Crippen molar-refractivity contribution in [3.05, 3.63) is 34.9 Å². The van der Waals surface area contributed by atoms with Crippen LogP contribution in [0.2, 0.25) is 5.02 Å². The molecule has 2 heteroatoms. The van der Waals surface area contributed by atoms with E-state index in [0.29, 0.717) is 12.2 Å². The molecule has 0 aromatic heterocycles. The summed E-state index contributed by atoms with van der Waals surface area (Å²) >= 11 is 5.83. The summed E-state index contributed by atoms with van der Waals surface area (Å²) in [5.41, 5.74) is 1.56. The molecule has 1 fully saturated rings. The van der Waals surface area contributed by atoms with Crippen LogP contribution in [0.5, 0.6) is 0 Å². The average molecular weight is 225 g/mol. The normalized spacial score (nSPS) is 25.3. The van der Waals surface area contributed by atoms with Gasteiger partial charge in [-0.25, -0.2) is 0 Å². The standard InChI is InChI=1S/C13H17ClO/c1-13(2,3)12-11(15-12)8-9-4-6-10(14)7-5-9/h4-7,11-12H,8H2,1-3H3. The Labute approximate surface area is 96.4 Å². The zero-order chi connectivity index (χ0) is 11.1. The van der Waals surface area contributed by atoms with Crippen LogP contribution < -0.4 is 0 Å². The third-order valence-electron chi connectivity index (χ3n) is 2.79. The lowest BCUT2D eigenvalue weighted by molar-refractivity contribution is 0.261. The molecule has 1 saturated heterocycles. The third-order valence-corrected chi connectivity index (χ3v) is 3.04. The molecule has 0 aliphatic carbocycles. The second-order valence-corrected chi connectivity index (χ2v) is 5.73. The number of benzene rings is 1. The van der Waals surface area contributed by atoms with Crippen molar-refractivity contribution in [2.75, 3.05) is 0 Å². The largest absolute Gasteiger partial charge is 0.369 e. The van der Waals surface area contributed by atoms with E-state index >= 15 is 0 Å². The molecule has 2 unspecified atom stereocenters. The second-order valence-electron chi connectivity index (χ2n) is 5.29. The molecule has 15 heavy (non-hydrogen) atoms. The minimum absolute atomic E-state index is 0.261. The smallest absolute Gasteiger partial charge is 0.0893 e. The van der Waals surface area contributed by atoms with Gasteiger partial charge in [0.25, 0.3) is 0 Å². The second kappa shape index (κ2) is 3.80. The molecular weight excluding hydrogens is 208 g/mol. The number of hydrogen-bond acceptors (Lipinski definition) is 1. The number of hydrogen-bond donors (Lipinski definition) is 0. The van der Waals surface area contributed by atoms with Gasteiger partial charge in [-0.1, -0.05) is 44.5 Å². The van der Waals surface area contributed by atoms with E-state index in [1.165, 1.54) is 5.56 Å². The predicted octanol–water partition coefficient (Wildman–Crippen LogP) is 3.70. The van der Waals surface area contributed by atoms with Crippen LogP contribution in [0.3, 0.4) is 0 Å². The monoisotopic (exact) mass is 224 g/mol. The van der Waals surface area contributed by atoms with Crippen molar-refractivity contribution >= 4 is 11.6 Å². The summed E-state index contributed by atoms with van der Waals surface area (Å²) < 4.78 is 5.68. The minimum Gasteiger partial charge on any atom is -0.369 e. The highest BCUT2D eigenvalue weighted by Gasteiger charge is 2.46. The van der Waals surface area contributed by atoms with Crippen molar-refractivity contribution in [1.29, 1.82) is 0 Å². The summed E-state index contributed by atoms with van der Waals surface area (Å²) in [5.74, 6) is 0. The SMILES string of the molecule is CC(C)(C)C1OC1Cc1ccc(Cl)cc1. The van der Waals surface area contributed by atoms with Crippen molar-refractivity contribution < 1.29 is 4.74 Å². The maximum atomic E-state index is 5.83. The molecule has 1 aliphatic heterocycles. The van der Waals surface area contributed by atoms with Gasteiger partial charge in [-0.15, -0.1) is 0 Å². The fourth-order valence-corrected chi connectivity index (χ4v) is 2.04. The molecule has 1 heterocycles. The quantitative estimate of drug-likeness (QED) is 0.698. The lowest BCUT2D eigenvalue weighted by Crippen LogP contribution is -2.17. The molecule has 1 nitrogen and oxygen atoms in total. The van der Waals surface area contributed by atoms with E-state index in [9.17, 15) is 0 Å². The van der Waals surface area contributed by atoms with Gasteiger partial charge in [-0.2, -0.15) is 0 Å².